The van der Waals surface area contributed by atoms with E-state index >= 15 is 0 Å². The standard InChI is InChI=1S/C13H18F2N2O2/c14-13(15)19-11-7-3-2-6-10(11)12(18)17-9-5-1-4-8-16/h2-3,6-7,13H,1,4-5,8-9,16H2,(H,17,18). The molecule has 1 amide bonds. The van der Waals surface area contributed by atoms with Crippen molar-refractivity contribution >= 4 is 5.91 Å². The summed E-state index contributed by atoms with van der Waals surface area (Å²) in [4.78, 5) is 11.8. The number of hydrogen-bond acceptors (Lipinski definition) is 3. The summed E-state index contributed by atoms with van der Waals surface area (Å²) in [6.45, 7) is -1.83. The third-order valence-corrected chi connectivity index (χ3v) is 2.51. The molecule has 0 bridgehead atoms. The number of amides is 1. The first kappa shape index (κ1) is 15.4. The SMILES string of the molecule is NCCCCCNC(=O)c1ccccc1OC(F)F. The number of rotatable bonds is 8. The summed E-state index contributed by atoms with van der Waals surface area (Å²) < 4.78 is 28.7. The van der Waals surface area contributed by atoms with Crippen molar-refractivity contribution in [3.05, 3.63) is 29.8 Å². The molecule has 0 unspecified atom stereocenters. The predicted octanol–water partition coefficient (Wildman–Crippen LogP) is 2.15. The van der Waals surface area contributed by atoms with E-state index in [0.717, 1.165) is 19.3 Å². The monoisotopic (exact) mass is 272 g/mol. The second-order valence-electron chi connectivity index (χ2n) is 3.98. The van der Waals surface area contributed by atoms with E-state index in [2.05, 4.69) is 10.1 Å². The molecule has 0 atom stereocenters. The van der Waals surface area contributed by atoms with Gasteiger partial charge >= 0.3 is 6.61 Å². The molecule has 0 aliphatic carbocycles. The van der Waals surface area contributed by atoms with Crippen molar-refractivity contribution in [2.75, 3.05) is 13.1 Å². The van der Waals surface area contributed by atoms with E-state index in [4.69, 9.17) is 5.73 Å². The van der Waals surface area contributed by atoms with Crippen LogP contribution in [0.15, 0.2) is 24.3 Å². The molecule has 6 heteroatoms. The molecule has 0 aromatic heterocycles. The lowest BCUT2D eigenvalue weighted by atomic mass is 10.2. The van der Waals surface area contributed by atoms with Gasteiger partial charge in [0.25, 0.3) is 5.91 Å². The molecule has 1 rings (SSSR count). The average Bonchev–Trinajstić information content (AvgIpc) is 2.38. The molecular formula is C13H18F2N2O2. The van der Waals surface area contributed by atoms with Crippen molar-refractivity contribution in [1.82, 2.24) is 5.32 Å². The van der Waals surface area contributed by atoms with Crippen LogP contribution in [0.25, 0.3) is 0 Å². The van der Waals surface area contributed by atoms with Crippen LogP contribution in [-0.2, 0) is 0 Å². The van der Waals surface area contributed by atoms with Gasteiger partial charge in [0.05, 0.1) is 5.56 Å². The summed E-state index contributed by atoms with van der Waals surface area (Å²) in [5.41, 5.74) is 5.47. The lowest BCUT2D eigenvalue weighted by Gasteiger charge is -2.10. The molecular weight excluding hydrogens is 254 g/mol. The number of nitrogens with one attached hydrogen (secondary N) is 1. The van der Waals surface area contributed by atoms with Crippen LogP contribution in [0.3, 0.4) is 0 Å². The maximum Gasteiger partial charge on any atom is 0.387 e. The number of para-hydroxylation sites is 1. The van der Waals surface area contributed by atoms with Crippen molar-refractivity contribution in [2.45, 2.75) is 25.9 Å². The number of benzene rings is 1. The Morgan fingerprint density at radius 2 is 2.00 bits per heavy atom. The van der Waals surface area contributed by atoms with Gasteiger partial charge in [-0.2, -0.15) is 8.78 Å². The van der Waals surface area contributed by atoms with Crippen LogP contribution in [0.2, 0.25) is 0 Å². The molecule has 0 aliphatic heterocycles. The smallest absolute Gasteiger partial charge is 0.387 e. The lowest BCUT2D eigenvalue weighted by Crippen LogP contribution is -2.25. The highest BCUT2D eigenvalue weighted by Crippen LogP contribution is 2.19. The summed E-state index contributed by atoms with van der Waals surface area (Å²) in [6.07, 6.45) is 2.63. The summed E-state index contributed by atoms with van der Waals surface area (Å²) in [6, 6.07) is 5.93. The van der Waals surface area contributed by atoms with Gasteiger partial charge in [-0.3, -0.25) is 4.79 Å². The zero-order valence-corrected chi connectivity index (χ0v) is 10.6. The van der Waals surface area contributed by atoms with Crippen molar-refractivity contribution in [3.63, 3.8) is 0 Å². The molecule has 0 radical (unpaired) electrons. The Kier molecular flexibility index (Phi) is 6.81. The number of halogens is 2. The fraction of sp³-hybridized carbons (Fsp3) is 0.462. The van der Waals surface area contributed by atoms with E-state index in [9.17, 15) is 13.6 Å². The highest BCUT2D eigenvalue weighted by atomic mass is 19.3. The first-order valence-corrected chi connectivity index (χ1v) is 6.17. The van der Waals surface area contributed by atoms with Crippen LogP contribution in [-0.4, -0.2) is 25.6 Å². The van der Waals surface area contributed by atoms with Crippen LogP contribution in [0, 0.1) is 0 Å². The van der Waals surface area contributed by atoms with Gasteiger partial charge < -0.3 is 15.8 Å². The molecule has 0 saturated carbocycles. The number of unbranched alkanes of at least 4 members (excludes halogenated alkanes) is 2. The molecule has 1 aromatic carbocycles. The van der Waals surface area contributed by atoms with E-state index in [1.54, 1.807) is 6.07 Å². The van der Waals surface area contributed by atoms with Crippen LogP contribution in [0.1, 0.15) is 29.6 Å². The zero-order valence-electron chi connectivity index (χ0n) is 10.6. The summed E-state index contributed by atoms with van der Waals surface area (Å²) in [5.74, 6) is -0.527. The van der Waals surface area contributed by atoms with Gasteiger partial charge in [-0.05, 0) is 31.5 Å². The van der Waals surface area contributed by atoms with Gasteiger partial charge in [-0.1, -0.05) is 18.6 Å². The Balaban J connectivity index is 2.51. The predicted molar refractivity (Wildman–Crippen MR) is 68.3 cm³/mol. The fourth-order valence-corrected chi connectivity index (χ4v) is 1.60. The minimum Gasteiger partial charge on any atom is -0.434 e. The topological polar surface area (TPSA) is 64.3 Å². The van der Waals surface area contributed by atoms with Crippen LogP contribution < -0.4 is 15.8 Å². The van der Waals surface area contributed by atoms with Crippen molar-refractivity contribution < 1.29 is 18.3 Å². The molecule has 0 heterocycles. The second kappa shape index (κ2) is 8.42. The molecule has 0 spiro atoms. The van der Waals surface area contributed by atoms with Gasteiger partial charge in [0.2, 0.25) is 0 Å². The fourth-order valence-electron chi connectivity index (χ4n) is 1.60. The maximum atomic E-state index is 12.2. The normalized spacial score (nSPS) is 10.5. The van der Waals surface area contributed by atoms with Gasteiger partial charge in [-0.25, -0.2) is 0 Å². The average molecular weight is 272 g/mol. The first-order chi connectivity index (χ1) is 9.15. The van der Waals surface area contributed by atoms with Gasteiger partial charge in [0.1, 0.15) is 5.75 Å². The third-order valence-electron chi connectivity index (χ3n) is 2.51. The largest absolute Gasteiger partial charge is 0.434 e. The number of carbonyl (C=O) groups is 1. The van der Waals surface area contributed by atoms with Gasteiger partial charge in [0.15, 0.2) is 0 Å². The molecule has 19 heavy (non-hydrogen) atoms. The van der Waals surface area contributed by atoms with E-state index in [1.165, 1.54) is 18.2 Å². The Morgan fingerprint density at radius 3 is 2.68 bits per heavy atom. The summed E-state index contributed by atoms with van der Waals surface area (Å²) in [7, 11) is 0. The molecule has 106 valence electrons. The molecule has 1 aromatic rings. The Bertz CT molecular complexity index is 400. The van der Waals surface area contributed by atoms with Crippen LogP contribution in [0.5, 0.6) is 5.75 Å². The Labute approximate surface area is 110 Å². The Hall–Kier alpha value is -1.69. The zero-order chi connectivity index (χ0) is 14.1. The van der Waals surface area contributed by atoms with Crippen molar-refractivity contribution in [2.24, 2.45) is 5.73 Å². The number of alkyl halides is 2. The van der Waals surface area contributed by atoms with Gasteiger partial charge in [-0.15, -0.1) is 0 Å². The van der Waals surface area contributed by atoms with Crippen molar-refractivity contribution in [1.29, 1.82) is 0 Å². The third kappa shape index (κ3) is 5.65. The number of ether oxygens (including phenoxy) is 1. The molecule has 0 saturated heterocycles. The lowest BCUT2D eigenvalue weighted by molar-refractivity contribution is -0.0501. The van der Waals surface area contributed by atoms with E-state index in [-0.39, 0.29) is 11.3 Å². The van der Waals surface area contributed by atoms with Crippen LogP contribution in [0.4, 0.5) is 8.78 Å². The first-order valence-electron chi connectivity index (χ1n) is 6.17. The van der Waals surface area contributed by atoms with Crippen molar-refractivity contribution in [3.8, 4) is 5.75 Å². The molecule has 0 fully saturated rings. The molecule has 4 nitrogen and oxygen atoms in total. The number of nitrogens with two attached hydrogens (primary N) is 1. The second-order valence-corrected chi connectivity index (χ2v) is 3.98. The highest BCUT2D eigenvalue weighted by molar-refractivity contribution is 5.96. The number of hydrogen-bond donors (Lipinski definition) is 2. The minimum atomic E-state index is -2.95. The van der Waals surface area contributed by atoms with Crippen LogP contribution >= 0.6 is 0 Å². The Morgan fingerprint density at radius 1 is 1.26 bits per heavy atom. The van der Waals surface area contributed by atoms with E-state index in [1.807, 2.05) is 0 Å². The quantitative estimate of drug-likeness (QED) is 0.713. The number of carbonyl (C=O) groups excluding carboxylic acids is 1. The maximum absolute atomic E-state index is 12.2. The van der Waals surface area contributed by atoms with E-state index in [0.29, 0.717) is 13.1 Å². The molecule has 0 aliphatic rings. The summed E-state index contributed by atoms with van der Waals surface area (Å²) >= 11 is 0. The molecule has 3 N–H and O–H groups in total. The summed E-state index contributed by atoms with van der Waals surface area (Å²) in [5, 5.41) is 2.67. The van der Waals surface area contributed by atoms with Gasteiger partial charge in [0, 0.05) is 6.54 Å². The minimum absolute atomic E-state index is 0.113. The van der Waals surface area contributed by atoms with E-state index < -0.39 is 12.5 Å². The highest BCUT2D eigenvalue weighted by Gasteiger charge is 2.14.